The van der Waals surface area contributed by atoms with E-state index in [1.54, 1.807) is 13.8 Å². The normalized spacial score (nSPS) is 12.3. The van der Waals surface area contributed by atoms with Crippen LogP contribution in [0, 0.1) is 11.2 Å². The number of nitrogens with one attached hydrogen (secondary N) is 1. The summed E-state index contributed by atoms with van der Waals surface area (Å²) in [5.41, 5.74) is -1.85. The van der Waals surface area contributed by atoms with Gasteiger partial charge in [-0.2, -0.15) is 13.2 Å². The van der Waals surface area contributed by atoms with Crippen LogP contribution in [-0.2, 0) is 22.3 Å². The fourth-order valence-corrected chi connectivity index (χ4v) is 1.75. The second kappa shape index (κ2) is 6.43. The van der Waals surface area contributed by atoms with Crippen LogP contribution in [0.3, 0.4) is 0 Å². The van der Waals surface area contributed by atoms with Gasteiger partial charge >= 0.3 is 6.18 Å². The van der Waals surface area contributed by atoms with E-state index in [9.17, 15) is 22.4 Å². The molecular formula is C14H17F4NO2. The molecule has 0 saturated heterocycles. The first-order valence-corrected chi connectivity index (χ1v) is 6.21. The first-order chi connectivity index (χ1) is 9.58. The molecule has 0 spiro atoms. The van der Waals surface area contributed by atoms with Gasteiger partial charge < -0.3 is 10.1 Å². The molecule has 0 aliphatic heterocycles. The largest absolute Gasteiger partial charge is 0.419 e. The standard InChI is InChI=1S/C14H17F4NO2/c1-13(2,8-21-3)12(20)19-7-9-4-5-10(11(15)6-9)14(16,17)18/h4-6H,7-8H2,1-3H3,(H,19,20). The smallest absolute Gasteiger partial charge is 0.384 e. The summed E-state index contributed by atoms with van der Waals surface area (Å²) in [6.45, 7) is 3.47. The number of ether oxygens (including phenoxy) is 1. The van der Waals surface area contributed by atoms with Gasteiger partial charge in [-0.05, 0) is 31.5 Å². The molecular weight excluding hydrogens is 290 g/mol. The Hall–Kier alpha value is -1.63. The van der Waals surface area contributed by atoms with Crippen molar-refractivity contribution in [3.05, 3.63) is 35.1 Å². The quantitative estimate of drug-likeness (QED) is 0.849. The van der Waals surface area contributed by atoms with Crippen LogP contribution < -0.4 is 5.32 Å². The fourth-order valence-electron chi connectivity index (χ4n) is 1.75. The predicted molar refractivity (Wildman–Crippen MR) is 68.9 cm³/mol. The van der Waals surface area contributed by atoms with E-state index in [1.807, 2.05) is 0 Å². The minimum Gasteiger partial charge on any atom is -0.384 e. The van der Waals surface area contributed by atoms with Crippen LogP contribution in [0.1, 0.15) is 25.0 Å². The Labute approximate surface area is 120 Å². The highest BCUT2D eigenvalue weighted by molar-refractivity contribution is 5.81. The number of carbonyl (C=O) groups is 1. The SMILES string of the molecule is COCC(C)(C)C(=O)NCc1ccc(C(F)(F)F)c(F)c1. The molecule has 1 aromatic rings. The maximum absolute atomic E-state index is 13.4. The number of amides is 1. The molecule has 7 heteroatoms. The molecule has 0 atom stereocenters. The summed E-state index contributed by atoms with van der Waals surface area (Å²) < 4.78 is 55.5. The molecule has 21 heavy (non-hydrogen) atoms. The number of halogens is 4. The Balaban J connectivity index is 2.74. The summed E-state index contributed by atoms with van der Waals surface area (Å²) in [6, 6.07) is 2.57. The van der Waals surface area contributed by atoms with Gasteiger partial charge in [-0.25, -0.2) is 4.39 Å². The first kappa shape index (κ1) is 17.4. The minimum absolute atomic E-state index is 0.0545. The number of hydrogen-bond acceptors (Lipinski definition) is 2. The molecule has 1 rings (SSSR count). The average molecular weight is 307 g/mol. The van der Waals surface area contributed by atoms with E-state index in [0.717, 1.165) is 12.1 Å². The van der Waals surface area contributed by atoms with E-state index in [1.165, 1.54) is 7.11 Å². The number of benzene rings is 1. The zero-order valence-electron chi connectivity index (χ0n) is 12.0. The van der Waals surface area contributed by atoms with Gasteiger partial charge in [0, 0.05) is 13.7 Å². The van der Waals surface area contributed by atoms with Crippen LogP contribution >= 0.6 is 0 Å². The zero-order chi connectivity index (χ0) is 16.3. The van der Waals surface area contributed by atoms with Gasteiger partial charge in [0.25, 0.3) is 0 Å². The van der Waals surface area contributed by atoms with E-state index in [2.05, 4.69) is 5.32 Å². The van der Waals surface area contributed by atoms with Crippen LogP contribution in [0.4, 0.5) is 17.6 Å². The van der Waals surface area contributed by atoms with Crippen LogP contribution in [0.2, 0.25) is 0 Å². The van der Waals surface area contributed by atoms with E-state index < -0.39 is 23.0 Å². The third kappa shape index (κ3) is 4.70. The molecule has 0 aromatic heterocycles. The number of methoxy groups -OCH3 is 1. The van der Waals surface area contributed by atoms with Crippen molar-refractivity contribution in [2.24, 2.45) is 5.41 Å². The Morgan fingerprint density at radius 2 is 1.90 bits per heavy atom. The van der Waals surface area contributed by atoms with E-state index in [-0.39, 0.29) is 24.6 Å². The maximum atomic E-state index is 13.4. The van der Waals surface area contributed by atoms with Gasteiger partial charge in [0.1, 0.15) is 5.82 Å². The van der Waals surface area contributed by atoms with Gasteiger partial charge in [-0.3, -0.25) is 4.79 Å². The van der Waals surface area contributed by atoms with Crippen molar-refractivity contribution in [3.63, 3.8) is 0 Å². The number of carbonyl (C=O) groups excluding carboxylic acids is 1. The fraction of sp³-hybridized carbons (Fsp3) is 0.500. The van der Waals surface area contributed by atoms with Crippen molar-refractivity contribution >= 4 is 5.91 Å². The Morgan fingerprint density at radius 3 is 2.38 bits per heavy atom. The Morgan fingerprint density at radius 1 is 1.29 bits per heavy atom. The second-order valence-electron chi connectivity index (χ2n) is 5.31. The third-order valence-electron chi connectivity index (χ3n) is 2.91. The second-order valence-corrected chi connectivity index (χ2v) is 5.31. The summed E-state index contributed by atoms with van der Waals surface area (Å²) in [5.74, 6) is -1.69. The molecule has 1 N–H and O–H groups in total. The van der Waals surface area contributed by atoms with Gasteiger partial charge in [0.15, 0.2) is 0 Å². The first-order valence-electron chi connectivity index (χ1n) is 6.21. The lowest BCUT2D eigenvalue weighted by Gasteiger charge is -2.22. The van der Waals surface area contributed by atoms with Crippen LogP contribution in [-0.4, -0.2) is 19.6 Å². The lowest BCUT2D eigenvalue weighted by atomic mass is 9.93. The van der Waals surface area contributed by atoms with Gasteiger partial charge in [0.2, 0.25) is 5.91 Å². The van der Waals surface area contributed by atoms with Crippen molar-refractivity contribution in [1.82, 2.24) is 5.32 Å². The van der Waals surface area contributed by atoms with Crippen LogP contribution in [0.15, 0.2) is 18.2 Å². The summed E-state index contributed by atoms with van der Waals surface area (Å²) in [4.78, 5) is 11.9. The van der Waals surface area contributed by atoms with Crippen LogP contribution in [0.5, 0.6) is 0 Å². The van der Waals surface area contributed by atoms with E-state index in [4.69, 9.17) is 4.74 Å². The Kier molecular flexibility index (Phi) is 5.33. The average Bonchev–Trinajstić information content (AvgIpc) is 2.34. The van der Waals surface area contributed by atoms with Crippen molar-refractivity contribution in [2.75, 3.05) is 13.7 Å². The topological polar surface area (TPSA) is 38.3 Å². The minimum atomic E-state index is -4.73. The molecule has 0 fully saturated rings. The van der Waals surface area contributed by atoms with E-state index >= 15 is 0 Å². The van der Waals surface area contributed by atoms with Crippen LogP contribution in [0.25, 0.3) is 0 Å². The molecule has 0 heterocycles. The molecule has 0 unspecified atom stereocenters. The monoisotopic (exact) mass is 307 g/mol. The molecule has 118 valence electrons. The summed E-state index contributed by atoms with van der Waals surface area (Å²) in [6.07, 6.45) is -4.73. The van der Waals surface area contributed by atoms with Gasteiger partial charge in [-0.15, -0.1) is 0 Å². The lowest BCUT2D eigenvalue weighted by Crippen LogP contribution is -2.39. The van der Waals surface area contributed by atoms with E-state index in [0.29, 0.717) is 6.07 Å². The zero-order valence-corrected chi connectivity index (χ0v) is 12.0. The van der Waals surface area contributed by atoms with Crippen molar-refractivity contribution in [2.45, 2.75) is 26.6 Å². The highest BCUT2D eigenvalue weighted by Gasteiger charge is 2.34. The molecule has 0 aliphatic carbocycles. The molecule has 1 aromatic carbocycles. The highest BCUT2D eigenvalue weighted by Crippen LogP contribution is 2.31. The molecule has 1 amide bonds. The summed E-state index contributed by atoms with van der Waals surface area (Å²) in [5, 5.41) is 2.54. The molecule has 0 saturated carbocycles. The number of hydrogen-bond donors (Lipinski definition) is 1. The number of rotatable bonds is 5. The third-order valence-corrected chi connectivity index (χ3v) is 2.91. The number of alkyl halides is 3. The summed E-state index contributed by atoms with van der Waals surface area (Å²) in [7, 11) is 1.46. The van der Waals surface area contributed by atoms with Crippen molar-refractivity contribution < 1.29 is 27.1 Å². The molecule has 0 radical (unpaired) electrons. The lowest BCUT2D eigenvalue weighted by molar-refractivity contribution is -0.140. The molecule has 3 nitrogen and oxygen atoms in total. The molecule has 0 aliphatic rings. The van der Waals surface area contributed by atoms with Gasteiger partial charge in [-0.1, -0.05) is 6.07 Å². The predicted octanol–water partition coefficient (Wildman–Crippen LogP) is 3.13. The molecule has 0 bridgehead atoms. The van der Waals surface area contributed by atoms with Crippen molar-refractivity contribution in [1.29, 1.82) is 0 Å². The van der Waals surface area contributed by atoms with Gasteiger partial charge in [0.05, 0.1) is 17.6 Å². The summed E-state index contributed by atoms with van der Waals surface area (Å²) >= 11 is 0. The van der Waals surface area contributed by atoms with Crippen molar-refractivity contribution in [3.8, 4) is 0 Å². The maximum Gasteiger partial charge on any atom is 0.419 e. The highest BCUT2D eigenvalue weighted by atomic mass is 19.4. The Bertz CT molecular complexity index is 512.